The van der Waals surface area contributed by atoms with Gasteiger partial charge in [-0.1, -0.05) is 22.0 Å². The van der Waals surface area contributed by atoms with Gasteiger partial charge >= 0.3 is 6.18 Å². The number of halogens is 4. The van der Waals surface area contributed by atoms with Crippen LogP contribution in [0.4, 0.5) is 13.2 Å². The van der Waals surface area contributed by atoms with Gasteiger partial charge in [0.2, 0.25) is 0 Å². The average molecular weight is 313 g/mol. The summed E-state index contributed by atoms with van der Waals surface area (Å²) < 4.78 is 41.6. The Morgan fingerprint density at radius 2 is 2.06 bits per heavy atom. The van der Waals surface area contributed by atoms with Crippen LogP contribution in [0.3, 0.4) is 0 Å². The second kappa shape index (κ2) is 5.73. The van der Waals surface area contributed by atoms with Crippen molar-refractivity contribution in [2.75, 3.05) is 6.61 Å². The zero-order valence-electron chi connectivity index (χ0n) is 9.09. The van der Waals surface area contributed by atoms with E-state index in [2.05, 4.69) is 15.9 Å². The fraction of sp³-hybridized carbons (Fsp3) is 0.455. The molecule has 0 bridgehead atoms. The number of aliphatic hydroxyl groups excluding tert-OH is 1. The molecule has 0 aromatic heterocycles. The smallest absolute Gasteiger partial charge is 0.392 e. The summed E-state index contributed by atoms with van der Waals surface area (Å²) in [6.07, 6.45) is -6.04. The summed E-state index contributed by atoms with van der Waals surface area (Å²) in [6, 6.07) is 4.84. The summed E-state index contributed by atoms with van der Waals surface area (Å²) >= 11 is 3.19. The van der Waals surface area contributed by atoms with Gasteiger partial charge in [0.15, 0.2) is 0 Å². The minimum absolute atomic E-state index is 0.263. The van der Waals surface area contributed by atoms with Crippen LogP contribution in [0.25, 0.3) is 0 Å². The van der Waals surface area contributed by atoms with E-state index in [9.17, 15) is 18.3 Å². The molecule has 1 aromatic carbocycles. The first-order chi connectivity index (χ1) is 7.79. The molecule has 17 heavy (non-hydrogen) atoms. The molecule has 0 heterocycles. The van der Waals surface area contributed by atoms with E-state index in [4.69, 9.17) is 4.74 Å². The minimum atomic E-state index is -4.24. The highest BCUT2D eigenvalue weighted by Gasteiger charge is 2.27. The number of rotatable bonds is 4. The van der Waals surface area contributed by atoms with Gasteiger partial charge < -0.3 is 9.84 Å². The molecule has 6 heteroatoms. The van der Waals surface area contributed by atoms with E-state index in [1.807, 2.05) is 0 Å². The van der Waals surface area contributed by atoms with Crippen LogP contribution in [-0.4, -0.2) is 17.9 Å². The Labute approximate surface area is 106 Å². The molecule has 0 saturated heterocycles. The van der Waals surface area contributed by atoms with Crippen molar-refractivity contribution in [1.82, 2.24) is 0 Å². The highest BCUT2D eigenvalue weighted by atomic mass is 79.9. The van der Waals surface area contributed by atoms with E-state index in [1.165, 1.54) is 6.92 Å². The molecule has 0 aliphatic rings. The summed E-state index contributed by atoms with van der Waals surface area (Å²) in [4.78, 5) is 0. The predicted octanol–water partition coefficient (Wildman–Crippen LogP) is 3.83. The standard InChI is InChI=1S/C11H12BrF3O2/c1-7(16)9-3-2-8(12)6-10(9)17-5-4-11(13,14)15/h2-3,6-7,16H,4-5H2,1H3/t7-/m0/s1. The molecule has 0 saturated carbocycles. The van der Waals surface area contributed by atoms with Crippen molar-refractivity contribution in [1.29, 1.82) is 0 Å². The van der Waals surface area contributed by atoms with Gasteiger partial charge in [-0.15, -0.1) is 0 Å². The number of benzene rings is 1. The molecule has 1 atom stereocenters. The summed E-state index contributed by atoms with van der Waals surface area (Å²) in [7, 11) is 0. The van der Waals surface area contributed by atoms with Crippen molar-refractivity contribution >= 4 is 15.9 Å². The molecule has 0 unspecified atom stereocenters. The lowest BCUT2D eigenvalue weighted by Gasteiger charge is -2.14. The quantitative estimate of drug-likeness (QED) is 0.915. The molecule has 1 N–H and O–H groups in total. The molecule has 0 fully saturated rings. The van der Waals surface area contributed by atoms with Gasteiger partial charge in [-0.2, -0.15) is 13.2 Å². The van der Waals surface area contributed by atoms with Gasteiger partial charge in [-0.05, 0) is 19.1 Å². The van der Waals surface area contributed by atoms with E-state index in [0.717, 1.165) is 0 Å². The number of hydrogen-bond donors (Lipinski definition) is 1. The Kier molecular flexibility index (Phi) is 4.82. The first-order valence-corrected chi connectivity index (χ1v) is 5.76. The van der Waals surface area contributed by atoms with Gasteiger partial charge in [0.1, 0.15) is 5.75 Å². The van der Waals surface area contributed by atoms with Gasteiger partial charge in [0.25, 0.3) is 0 Å². The van der Waals surface area contributed by atoms with Crippen LogP contribution < -0.4 is 4.74 Å². The molecule has 0 aliphatic carbocycles. The van der Waals surface area contributed by atoms with Crippen molar-refractivity contribution in [3.8, 4) is 5.75 Å². The Morgan fingerprint density at radius 1 is 1.41 bits per heavy atom. The van der Waals surface area contributed by atoms with Crippen molar-refractivity contribution < 1.29 is 23.0 Å². The third kappa shape index (κ3) is 4.95. The van der Waals surface area contributed by atoms with E-state index in [1.54, 1.807) is 18.2 Å². The largest absolute Gasteiger partial charge is 0.493 e. The van der Waals surface area contributed by atoms with Crippen LogP contribution >= 0.6 is 15.9 Å². The molecule has 2 nitrogen and oxygen atoms in total. The van der Waals surface area contributed by atoms with Crippen LogP contribution in [0, 0.1) is 0 Å². The van der Waals surface area contributed by atoms with Crippen molar-refractivity contribution in [3.63, 3.8) is 0 Å². The van der Waals surface area contributed by atoms with Crippen LogP contribution in [-0.2, 0) is 0 Å². The third-order valence-electron chi connectivity index (χ3n) is 2.07. The molecule has 1 rings (SSSR count). The Balaban J connectivity index is 2.72. The lowest BCUT2D eigenvalue weighted by molar-refractivity contribution is -0.139. The summed E-state index contributed by atoms with van der Waals surface area (Å²) in [6.45, 7) is 1.07. The number of hydrogen-bond acceptors (Lipinski definition) is 2. The van der Waals surface area contributed by atoms with Crippen molar-refractivity contribution in [2.45, 2.75) is 25.6 Å². The molecule has 0 spiro atoms. The molecular weight excluding hydrogens is 301 g/mol. The van der Waals surface area contributed by atoms with Gasteiger partial charge in [0, 0.05) is 10.0 Å². The first kappa shape index (κ1) is 14.3. The maximum absolute atomic E-state index is 12.0. The lowest BCUT2D eigenvalue weighted by atomic mass is 10.1. The zero-order chi connectivity index (χ0) is 13.1. The SMILES string of the molecule is C[C@H](O)c1ccc(Br)cc1OCCC(F)(F)F. The fourth-order valence-electron chi connectivity index (χ4n) is 1.26. The lowest BCUT2D eigenvalue weighted by Crippen LogP contribution is -2.13. The van der Waals surface area contributed by atoms with Crippen LogP contribution in [0.1, 0.15) is 25.0 Å². The van der Waals surface area contributed by atoms with E-state index < -0.39 is 25.3 Å². The topological polar surface area (TPSA) is 29.5 Å². The first-order valence-electron chi connectivity index (χ1n) is 4.96. The summed E-state index contributed by atoms with van der Waals surface area (Å²) in [5.41, 5.74) is 0.468. The maximum Gasteiger partial charge on any atom is 0.392 e. The average Bonchev–Trinajstić information content (AvgIpc) is 2.15. The fourth-order valence-corrected chi connectivity index (χ4v) is 1.60. The Morgan fingerprint density at radius 3 is 2.59 bits per heavy atom. The number of ether oxygens (including phenoxy) is 1. The van der Waals surface area contributed by atoms with E-state index >= 15 is 0 Å². The molecule has 1 aromatic rings. The zero-order valence-corrected chi connectivity index (χ0v) is 10.7. The monoisotopic (exact) mass is 312 g/mol. The van der Waals surface area contributed by atoms with Gasteiger partial charge in [-0.25, -0.2) is 0 Å². The second-order valence-corrected chi connectivity index (χ2v) is 4.49. The highest BCUT2D eigenvalue weighted by molar-refractivity contribution is 9.10. The molecule has 0 amide bonds. The minimum Gasteiger partial charge on any atom is -0.493 e. The molecule has 96 valence electrons. The summed E-state index contributed by atoms with van der Waals surface area (Å²) in [5.74, 6) is 0.263. The van der Waals surface area contributed by atoms with Crippen molar-refractivity contribution in [2.24, 2.45) is 0 Å². The van der Waals surface area contributed by atoms with Crippen molar-refractivity contribution in [3.05, 3.63) is 28.2 Å². The van der Waals surface area contributed by atoms with Crippen LogP contribution in [0.15, 0.2) is 22.7 Å². The van der Waals surface area contributed by atoms with Crippen LogP contribution in [0.5, 0.6) is 5.75 Å². The maximum atomic E-state index is 12.0. The van der Waals surface area contributed by atoms with E-state index in [0.29, 0.717) is 10.0 Å². The Bertz CT molecular complexity index is 377. The van der Waals surface area contributed by atoms with E-state index in [-0.39, 0.29) is 5.75 Å². The summed E-state index contributed by atoms with van der Waals surface area (Å²) in [5, 5.41) is 9.44. The molecule has 0 radical (unpaired) electrons. The highest BCUT2D eigenvalue weighted by Crippen LogP contribution is 2.29. The predicted molar refractivity (Wildman–Crippen MR) is 60.9 cm³/mol. The van der Waals surface area contributed by atoms with Crippen LogP contribution in [0.2, 0.25) is 0 Å². The van der Waals surface area contributed by atoms with Gasteiger partial charge in [-0.3, -0.25) is 0 Å². The Hall–Kier alpha value is -0.750. The van der Waals surface area contributed by atoms with Gasteiger partial charge in [0.05, 0.1) is 19.1 Å². The normalized spacial score (nSPS) is 13.5. The molecular formula is C11H12BrF3O2. The third-order valence-corrected chi connectivity index (χ3v) is 2.56. The second-order valence-electron chi connectivity index (χ2n) is 3.57. The molecule has 0 aliphatic heterocycles. The number of aliphatic hydroxyl groups is 1. The number of alkyl halides is 3.